The minimum atomic E-state index is 0.815. The fourth-order valence-corrected chi connectivity index (χ4v) is 0.969. The van der Waals surface area contributed by atoms with Gasteiger partial charge in [0.05, 0.1) is 6.61 Å². The first-order valence-electron chi connectivity index (χ1n) is 5.01. The fourth-order valence-electron chi connectivity index (χ4n) is 0.969. The molecule has 0 spiro atoms. The van der Waals surface area contributed by atoms with Crippen LogP contribution in [0.5, 0.6) is 0 Å². The van der Waals surface area contributed by atoms with E-state index in [2.05, 4.69) is 11.9 Å². The first kappa shape index (κ1) is 11.5. The molecule has 0 heterocycles. The fraction of sp³-hybridized carbons (Fsp3) is 0.900. The van der Waals surface area contributed by atoms with Gasteiger partial charge in [-0.3, -0.25) is 4.99 Å². The molecule has 0 rings (SSSR count). The van der Waals surface area contributed by atoms with Crippen LogP contribution >= 0.6 is 0 Å². The van der Waals surface area contributed by atoms with Gasteiger partial charge in [0, 0.05) is 6.54 Å². The van der Waals surface area contributed by atoms with E-state index in [4.69, 9.17) is 4.74 Å². The molecule has 2 heteroatoms. The Morgan fingerprint density at radius 3 is 2.50 bits per heavy atom. The monoisotopic (exact) mass is 171 g/mol. The Morgan fingerprint density at radius 1 is 1.08 bits per heavy atom. The lowest BCUT2D eigenvalue weighted by molar-refractivity contribution is 0.305. The Labute approximate surface area is 76.0 Å². The van der Waals surface area contributed by atoms with Gasteiger partial charge in [-0.2, -0.15) is 0 Å². The van der Waals surface area contributed by atoms with E-state index < -0.39 is 0 Å². The van der Waals surface area contributed by atoms with Crippen molar-refractivity contribution >= 4 is 6.40 Å². The van der Waals surface area contributed by atoms with Crippen LogP contribution in [0.4, 0.5) is 0 Å². The first-order chi connectivity index (χ1) is 5.91. The van der Waals surface area contributed by atoms with Crippen molar-refractivity contribution in [1.29, 1.82) is 0 Å². The Hall–Kier alpha value is -0.530. The quantitative estimate of drug-likeness (QED) is 0.312. The van der Waals surface area contributed by atoms with Crippen LogP contribution in [0.15, 0.2) is 4.99 Å². The molecule has 0 atom stereocenters. The predicted octanol–water partition coefficient (Wildman–Crippen LogP) is 3.02. The molecule has 2 nitrogen and oxygen atoms in total. The zero-order valence-electron chi connectivity index (χ0n) is 8.38. The van der Waals surface area contributed by atoms with E-state index in [1.165, 1.54) is 25.7 Å². The molecule has 0 aliphatic heterocycles. The van der Waals surface area contributed by atoms with Crippen molar-refractivity contribution in [2.45, 2.75) is 46.0 Å². The highest BCUT2D eigenvalue weighted by Gasteiger charge is 1.87. The van der Waals surface area contributed by atoms with Gasteiger partial charge in [-0.05, 0) is 13.3 Å². The second-order valence-corrected chi connectivity index (χ2v) is 2.89. The SMILES string of the molecule is CCCCCCCOC=NCC. The molecule has 0 amide bonds. The van der Waals surface area contributed by atoms with Crippen molar-refractivity contribution in [2.75, 3.05) is 13.2 Å². The first-order valence-corrected chi connectivity index (χ1v) is 5.01. The second kappa shape index (κ2) is 10.5. The van der Waals surface area contributed by atoms with Gasteiger partial charge in [0.25, 0.3) is 0 Å². The molecule has 0 aromatic carbocycles. The Balaban J connectivity index is 2.86. The number of ether oxygens (including phenoxy) is 1. The number of nitrogens with zero attached hydrogens (tertiary/aromatic N) is 1. The summed E-state index contributed by atoms with van der Waals surface area (Å²) >= 11 is 0. The third-order valence-corrected chi connectivity index (χ3v) is 1.70. The Kier molecular flexibility index (Phi) is 10.0. The summed E-state index contributed by atoms with van der Waals surface area (Å²) in [7, 11) is 0. The van der Waals surface area contributed by atoms with Gasteiger partial charge in [0.1, 0.15) is 0 Å². The van der Waals surface area contributed by atoms with Crippen LogP contribution in [-0.2, 0) is 4.74 Å². The predicted molar refractivity (Wildman–Crippen MR) is 53.7 cm³/mol. The van der Waals surface area contributed by atoms with Crippen LogP contribution in [0.2, 0.25) is 0 Å². The minimum absolute atomic E-state index is 0.815. The van der Waals surface area contributed by atoms with Crippen molar-refractivity contribution in [1.82, 2.24) is 0 Å². The summed E-state index contributed by atoms with van der Waals surface area (Å²) in [5, 5.41) is 0. The lowest BCUT2D eigenvalue weighted by atomic mass is 10.2. The number of unbranched alkanes of at least 4 members (excludes halogenated alkanes) is 4. The van der Waals surface area contributed by atoms with Gasteiger partial charge in [-0.25, -0.2) is 0 Å². The normalized spacial score (nSPS) is 10.8. The molecule has 0 N–H and O–H groups in total. The number of hydrogen-bond donors (Lipinski definition) is 0. The number of aliphatic imine (C=N–C) groups is 1. The molecule has 72 valence electrons. The van der Waals surface area contributed by atoms with E-state index in [0.717, 1.165) is 19.6 Å². The van der Waals surface area contributed by atoms with E-state index in [1.807, 2.05) is 6.92 Å². The largest absolute Gasteiger partial charge is 0.483 e. The highest BCUT2D eigenvalue weighted by molar-refractivity contribution is 5.45. The molecule has 0 saturated carbocycles. The van der Waals surface area contributed by atoms with Crippen LogP contribution in [0.3, 0.4) is 0 Å². The number of rotatable bonds is 8. The van der Waals surface area contributed by atoms with E-state index in [1.54, 1.807) is 6.40 Å². The summed E-state index contributed by atoms with van der Waals surface area (Å²) in [6.07, 6.45) is 8.01. The summed E-state index contributed by atoms with van der Waals surface area (Å²) < 4.78 is 5.16. The zero-order valence-corrected chi connectivity index (χ0v) is 8.38. The summed E-state index contributed by atoms with van der Waals surface area (Å²) in [4.78, 5) is 3.96. The molecule has 0 unspecified atom stereocenters. The third kappa shape index (κ3) is 9.47. The summed E-state index contributed by atoms with van der Waals surface area (Å²) in [5.41, 5.74) is 0. The lowest BCUT2D eigenvalue weighted by Gasteiger charge is -1.99. The summed E-state index contributed by atoms with van der Waals surface area (Å²) in [5.74, 6) is 0. The molecular formula is C10H21NO. The maximum Gasteiger partial charge on any atom is 0.169 e. The minimum Gasteiger partial charge on any atom is -0.483 e. The molecule has 0 aliphatic carbocycles. The van der Waals surface area contributed by atoms with Crippen molar-refractivity contribution in [2.24, 2.45) is 4.99 Å². The van der Waals surface area contributed by atoms with Gasteiger partial charge in [0.2, 0.25) is 0 Å². The topological polar surface area (TPSA) is 21.6 Å². The van der Waals surface area contributed by atoms with Crippen molar-refractivity contribution in [3.63, 3.8) is 0 Å². The average Bonchev–Trinajstić information content (AvgIpc) is 2.10. The van der Waals surface area contributed by atoms with E-state index in [0.29, 0.717) is 0 Å². The van der Waals surface area contributed by atoms with Crippen LogP contribution in [-0.4, -0.2) is 19.6 Å². The molecule has 12 heavy (non-hydrogen) atoms. The molecular weight excluding hydrogens is 150 g/mol. The highest BCUT2D eigenvalue weighted by atomic mass is 16.5. The zero-order chi connectivity index (χ0) is 9.07. The molecule has 0 saturated heterocycles. The van der Waals surface area contributed by atoms with Gasteiger partial charge in [0.15, 0.2) is 6.40 Å². The molecule has 0 aromatic heterocycles. The van der Waals surface area contributed by atoms with Crippen LogP contribution in [0.1, 0.15) is 46.0 Å². The van der Waals surface area contributed by atoms with E-state index in [9.17, 15) is 0 Å². The van der Waals surface area contributed by atoms with Gasteiger partial charge in [-0.1, -0.05) is 32.6 Å². The molecule has 0 fully saturated rings. The summed E-state index contributed by atoms with van der Waals surface area (Å²) in [6, 6.07) is 0. The van der Waals surface area contributed by atoms with Crippen molar-refractivity contribution in [3.8, 4) is 0 Å². The van der Waals surface area contributed by atoms with Crippen molar-refractivity contribution < 1.29 is 4.74 Å². The van der Waals surface area contributed by atoms with E-state index in [-0.39, 0.29) is 0 Å². The van der Waals surface area contributed by atoms with Crippen LogP contribution in [0, 0.1) is 0 Å². The molecule has 0 radical (unpaired) electrons. The second-order valence-electron chi connectivity index (χ2n) is 2.89. The maximum atomic E-state index is 5.16. The molecule has 0 bridgehead atoms. The lowest BCUT2D eigenvalue weighted by Crippen LogP contribution is -1.92. The summed E-state index contributed by atoms with van der Waals surface area (Å²) in [6.45, 7) is 5.87. The van der Waals surface area contributed by atoms with Crippen LogP contribution < -0.4 is 0 Å². The molecule has 0 aliphatic rings. The number of hydrogen-bond acceptors (Lipinski definition) is 2. The standard InChI is InChI=1S/C10H21NO/c1-3-5-6-7-8-9-12-10-11-4-2/h10H,3-9H2,1-2H3. The highest BCUT2D eigenvalue weighted by Crippen LogP contribution is 2.01. The molecule has 0 aromatic rings. The van der Waals surface area contributed by atoms with Gasteiger partial charge < -0.3 is 4.74 Å². The van der Waals surface area contributed by atoms with Gasteiger partial charge >= 0.3 is 0 Å². The average molecular weight is 171 g/mol. The van der Waals surface area contributed by atoms with E-state index >= 15 is 0 Å². The third-order valence-electron chi connectivity index (χ3n) is 1.70. The smallest absolute Gasteiger partial charge is 0.169 e. The van der Waals surface area contributed by atoms with Crippen molar-refractivity contribution in [3.05, 3.63) is 0 Å². The maximum absolute atomic E-state index is 5.16. The van der Waals surface area contributed by atoms with Gasteiger partial charge in [-0.15, -0.1) is 0 Å². The Morgan fingerprint density at radius 2 is 1.83 bits per heavy atom. The van der Waals surface area contributed by atoms with Crippen LogP contribution in [0.25, 0.3) is 0 Å². The Bertz CT molecular complexity index is 102.